The van der Waals surface area contributed by atoms with Gasteiger partial charge in [-0.25, -0.2) is 0 Å². The van der Waals surface area contributed by atoms with Crippen molar-refractivity contribution in [3.05, 3.63) is 34.3 Å². The van der Waals surface area contributed by atoms with Crippen LogP contribution in [0.3, 0.4) is 0 Å². The van der Waals surface area contributed by atoms with Crippen LogP contribution in [0.25, 0.3) is 0 Å². The monoisotopic (exact) mass is 380 g/mol. The SMILES string of the molecule is CC1(CI)CCC(c2ccc(Br)cc2)O1. The van der Waals surface area contributed by atoms with Crippen molar-refractivity contribution in [2.75, 3.05) is 4.43 Å². The fourth-order valence-electron chi connectivity index (χ4n) is 1.91. The van der Waals surface area contributed by atoms with Gasteiger partial charge in [0.05, 0.1) is 11.7 Å². The van der Waals surface area contributed by atoms with Crippen LogP contribution in [0.5, 0.6) is 0 Å². The van der Waals surface area contributed by atoms with Gasteiger partial charge in [-0.2, -0.15) is 0 Å². The highest BCUT2D eigenvalue weighted by Gasteiger charge is 2.35. The molecule has 0 saturated carbocycles. The van der Waals surface area contributed by atoms with Gasteiger partial charge in [-0.15, -0.1) is 0 Å². The Morgan fingerprint density at radius 2 is 2.13 bits per heavy atom. The van der Waals surface area contributed by atoms with E-state index in [0.717, 1.165) is 21.7 Å². The summed E-state index contributed by atoms with van der Waals surface area (Å²) < 4.78 is 8.29. The fourth-order valence-corrected chi connectivity index (χ4v) is 2.73. The third-order valence-corrected chi connectivity index (χ3v) is 5.03. The maximum absolute atomic E-state index is 6.10. The van der Waals surface area contributed by atoms with E-state index in [-0.39, 0.29) is 11.7 Å². The minimum absolute atomic E-state index is 0.0816. The maximum Gasteiger partial charge on any atom is 0.0833 e. The summed E-state index contributed by atoms with van der Waals surface area (Å²) >= 11 is 5.86. The number of benzene rings is 1. The van der Waals surface area contributed by atoms with Crippen LogP contribution in [0, 0.1) is 0 Å². The molecule has 0 radical (unpaired) electrons. The summed E-state index contributed by atoms with van der Waals surface area (Å²) in [6.07, 6.45) is 2.59. The molecule has 2 atom stereocenters. The van der Waals surface area contributed by atoms with Gasteiger partial charge in [0.2, 0.25) is 0 Å². The van der Waals surface area contributed by atoms with Crippen LogP contribution in [-0.2, 0) is 4.74 Å². The summed E-state index contributed by atoms with van der Waals surface area (Å²) in [7, 11) is 0. The minimum Gasteiger partial charge on any atom is -0.367 e. The largest absolute Gasteiger partial charge is 0.367 e. The van der Waals surface area contributed by atoms with Gasteiger partial charge in [-0.1, -0.05) is 50.7 Å². The average Bonchev–Trinajstić information content (AvgIpc) is 2.63. The van der Waals surface area contributed by atoms with Crippen molar-refractivity contribution in [3.8, 4) is 0 Å². The summed E-state index contributed by atoms with van der Waals surface area (Å²) in [6, 6.07) is 8.46. The summed E-state index contributed by atoms with van der Waals surface area (Å²) in [4.78, 5) is 0. The molecule has 0 spiro atoms. The lowest BCUT2D eigenvalue weighted by Crippen LogP contribution is -2.24. The molecular weight excluding hydrogens is 367 g/mol. The molecule has 2 rings (SSSR count). The Balaban J connectivity index is 2.11. The first kappa shape index (κ1) is 11.9. The molecule has 0 aliphatic carbocycles. The fraction of sp³-hybridized carbons (Fsp3) is 0.500. The molecule has 0 amide bonds. The summed E-state index contributed by atoms with van der Waals surface area (Å²) in [5.41, 5.74) is 1.38. The molecule has 1 aromatic carbocycles. The maximum atomic E-state index is 6.10. The van der Waals surface area contributed by atoms with E-state index < -0.39 is 0 Å². The van der Waals surface area contributed by atoms with Gasteiger partial charge < -0.3 is 4.74 Å². The number of alkyl halides is 1. The zero-order valence-corrected chi connectivity index (χ0v) is 12.4. The van der Waals surface area contributed by atoms with Crippen LogP contribution in [0.1, 0.15) is 31.4 Å². The Hall–Kier alpha value is 0.390. The van der Waals surface area contributed by atoms with E-state index in [9.17, 15) is 0 Å². The highest BCUT2D eigenvalue weighted by atomic mass is 127. The lowest BCUT2D eigenvalue weighted by Gasteiger charge is -2.22. The van der Waals surface area contributed by atoms with Gasteiger partial charge in [-0.3, -0.25) is 0 Å². The van der Waals surface area contributed by atoms with Gasteiger partial charge in [0.1, 0.15) is 0 Å². The Morgan fingerprint density at radius 3 is 2.67 bits per heavy atom. The van der Waals surface area contributed by atoms with E-state index in [2.05, 4.69) is 69.7 Å². The van der Waals surface area contributed by atoms with Crippen molar-refractivity contribution in [3.63, 3.8) is 0 Å². The van der Waals surface area contributed by atoms with E-state index >= 15 is 0 Å². The van der Waals surface area contributed by atoms with E-state index in [1.807, 2.05) is 0 Å². The molecule has 1 aliphatic rings. The lowest BCUT2D eigenvalue weighted by molar-refractivity contribution is -0.0109. The van der Waals surface area contributed by atoms with E-state index in [1.54, 1.807) is 0 Å². The molecule has 0 aromatic heterocycles. The third kappa shape index (κ3) is 2.74. The average molecular weight is 381 g/mol. The highest BCUT2D eigenvalue weighted by molar-refractivity contribution is 14.1. The second-order valence-corrected chi connectivity index (χ2v) is 5.96. The molecule has 1 nitrogen and oxygen atoms in total. The molecule has 2 unspecified atom stereocenters. The number of ether oxygens (including phenoxy) is 1. The predicted octanol–water partition coefficient (Wildman–Crippen LogP) is 4.49. The zero-order valence-electron chi connectivity index (χ0n) is 8.67. The smallest absolute Gasteiger partial charge is 0.0833 e. The van der Waals surface area contributed by atoms with Crippen LogP contribution in [-0.4, -0.2) is 10.0 Å². The molecule has 15 heavy (non-hydrogen) atoms. The quantitative estimate of drug-likeness (QED) is 0.542. The normalized spacial score (nSPS) is 30.7. The third-order valence-electron chi connectivity index (χ3n) is 2.89. The van der Waals surface area contributed by atoms with E-state index in [1.165, 1.54) is 5.56 Å². The second kappa shape index (κ2) is 4.72. The molecule has 0 N–H and O–H groups in total. The Bertz CT molecular complexity index is 338. The number of halogens is 2. The highest BCUT2D eigenvalue weighted by Crippen LogP contribution is 2.40. The molecule has 3 heteroatoms. The van der Waals surface area contributed by atoms with E-state index in [0.29, 0.717) is 0 Å². The van der Waals surface area contributed by atoms with Crippen molar-refractivity contribution in [2.45, 2.75) is 31.5 Å². The summed E-state index contributed by atoms with van der Waals surface area (Å²) in [6.45, 7) is 2.21. The molecule has 1 aliphatic heterocycles. The van der Waals surface area contributed by atoms with Gasteiger partial charge >= 0.3 is 0 Å². The molecule has 1 fully saturated rings. The Kier molecular flexibility index (Phi) is 3.73. The summed E-state index contributed by atoms with van der Waals surface area (Å²) in [5, 5.41) is 0. The molecule has 1 saturated heterocycles. The second-order valence-electron chi connectivity index (χ2n) is 4.28. The first-order valence-corrected chi connectivity index (χ1v) is 7.44. The van der Waals surface area contributed by atoms with Crippen molar-refractivity contribution >= 4 is 38.5 Å². The molecule has 82 valence electrons. The zero-order chi connectivity index (χ0) is 10.9. The standard InChI is InChI=1S/C12H14BrIO/c1-12(8-14)7-6-11(15-12)9-2-4-10(13)5-3-9/h2-5,11H,6-8H2,1H3. The van der Waals surface area contributed by atoms with Crippen LogP contribution < -0.4 is 0 Å². The first-order chi connectivity index (χ1) is 7.13. The molecule has 1 aromatic rings. The lowest BCUT2D eigenvalue weighted by atomic mass is 10.0. The predicted molar refractivity (Wildman–Crippen MR) is 74.5 cm³/mol. The van der Waals surface area contributed by atoms with E-state index in [4.69, 9.17) is 4.74 Å². The Morgan fingerprint density at radius 1 is 1.47 bits per heavy atom. The molecule has 0 bridgehead atoms. The molecular formula is C12H14BrIO. The van der Waals surface area contributed by atoms with Gasteiger partial charge in [-0.05, 0) is 37.5 Å². The van der Waals surface area contributed by atoms with Crippen LogP contribution >= 0.6 is 38.5 Å². The number of hydrogen-bond acceptors (Lipinski definition) is 1. The molecule has 1 heterocycles. The number of hydrogen-bond donors (Lipinski definition) is 0. The van der Waals surface area contributed by atoms with Gasteiger partial charge in [0.25, 0.3) is 0 Å². The van der Waals surface area contributed by atoms with Crippen molar-refractivity contribution < 1.29 is 4.74 Å². The topological polar surface area (TPSA) is 9.23 Å². The van der Waals surface area contributed by atoms with Gasteiger partial charge in [0, 0.05) is 8.90 Å². The van der Waals surface area contributed by atoms with Crippen LogP contribution in [0.15, 0.2) is 28.7 Å². The van der Waals surface area contributed by atoms with Gasteiger partial charge in [0.15, 0.2) is 0 Å². The van der Waals surface area contributed by atoms with Crippen molar-refractivity contribution in [2.24, 2.45) is 0 Å². The van der Waals surface area contributed by atoms with Crippen LogP contribution in [0.2, 0.25) is 0 Å². The Labute approximate surface area is 113 Å². The van der Waals surface area contributed by atoms with Crippen LogP contribution in [0.4, 0.5) is 0 Å². The summed E-state index contributed by atoms with van der Waals surface area (Å²) in [5.74, 6) is 0. The van der Waals surface area contributed by atoms with Crippen molar-refractivity contribution in [1.82, 2.24) is 0 Å². The van der Waals surface area contributed by atoms with Crippen molar-refractivity contribution in [1.29, 1.82) is 0 Å². The minimum atomic E-state index is 0.0816. The first-order valence-electron chi connectivity index (χ1n) is 5.12. The number of rotatable bonds is 2.